The second-order valence-electron chi connectivity index (χ2n) is 6.13. The molecule has 130 valence electrons. The lowest BCUT2D eigenvalue weighted by Crippen LogP contribution is -2.31. The molecule has 2 aromatic carbocycles. The van der Waals surface area contributed by atoms with Gasteiger partial charge >= 0.3 is 0 Å². The second-order valence-corrected chi connectivity index (χ2v) is 7.55. The summed E-state index contributed by atoms with van der Waals surface area (Å²) in [6.07, 6.45) is 2.00. The summed E-state index contributed by atoms with van der Waals surface area (Å²) in [4.78, 5) is 19.3. The molecule has 1 amide bonds. The van der Waals surface area contributed by atoms with Crippen molar-refractivity contribution in [1.82, 2.24) is 9.88 Å². The Morgan fingerprint density at radius 1 is 1.12 bits per heavy atom. The van der Waals surface area contributed by atoms with Crippen LogP contribution >= 0.6 is 22.9 Å². The summed E-state index contributed by atoms with van der Waals surface area (Å²) in [5.41, 5.74) is 2.73. The third-order valence-corrected chi connectivity index (χ3v) is 5.67. The molecule has 0 spiro atoms. The number of rotatable bonds is 4. The monoisotopic (exact) mass is 380 g/mol. The van der Waals surface area contributed by atoms with E-state index in [9.17, 15) is 4.79 Å². The number of hydrogen-bond acceptors (Lipinski definition) is 2. The van der Waals surface area contributed by atoms with Crippen LogP contribution in [0.3, 0.4) is 0 Å². The molecule has 0 unspecified atom stereocenters. The van der Waals surface area contributed by atoms with Crippen LogP contribution in [0.5, 0.6) is 0 Å². The molecule has 1 N–H and O–H groups in total. The van der Waals surface area contributed by atoms with Crippen molar-refractivity contribution in [2.24, 2.45) is 0 Å². The van der Waals surface area contributed by atoms with Gasteiger partial charge in [0.1, 0.15) is 0 Å². The fourth-order valence-corrected chi connectivity index (χ4v) is 4.34. The number of aromatic nitrogens is 1. The fourth-order valence-electron chi connectivity index (χ4n) is 3.26. The Morgan fingerprint density at radius 2 is 1.96 bits per heavy atom. The number of aromatic amines is 1. The van der Waals surface area contributed by atoms with Crippen LogP contribution in [0.15, 0.2) is 72.2 Å². The Hall–Kier alpha value is -2.56. The molecule has 1 atom stereocenters. The predicted octanol–water partition coefficient (Wildman–Crippen LogP) is 5.74. The first-order valence-corrected chi connectivity index (χ1v) is 9.53. The molecule has 4 aromatic rings. The van der Waals surface area contributed by atoms with Crippen molar-refractivity contribution < 1.29 is 4.79 Å². The van der Waals surface area contributed by atoms with Gasteiger partial charge in [-0.2, -0.15) is 0 Å². The van der Waals surface area contributed by atoms with Gasteiger partial charge in [0.2, 0.25) is 0 Å². The number of H-pyrrole nitrogens is 1. The van der Waals surface area contributed by atoms with Crippen LogP contribution in [0, 0.1) is 0 Å². The van der Waals surface area contributed by atoms with E-state index in [1.165, 1.54) is 0 Å². The molecule has 0 saturated carbocycles. The van der Waals surface area contributed by atoms with Crippen LogP contribution in [0.2, 0.25) is 5.02 Å². The van der Waals surface area contributed by atoms with Crippen LogP contribution in [0.4, 0.5) is 0 Å². The van der Waals surface area contributed by atoms with E-state index in [1.54, 1.807) is 40.5 Å². The van der Waals surface area contributed by atoms with Crippen molar-refractivity contribution in [3.8, 4) is 0 Å². The minimum Gasteiger partial charge on any atom is -0.361 e. The summed E-state index contributed by atoms with van der Waals surface area (Å²) < 4.78 is 0. The van der Waals surface area contributed by atoms with Crippen molar-refractivity contribution in [2.45, 2.75) is 6.04 Å². The molecule has 0 aliphatic rings. The van der Waals surface area contributed by atoms with Gasteiger partial charge in [-0.05, 0) is 35.7 Å². The molecule has 3 nitrogen and oxygen atoms in total. The first-order valence-electron chi connectivity index (χ1n) is 8.27. The minimum atomic E-state index is -0.169. The highest BCUT2D eigenvalue weighted by Crippen LogP contribution is 2.36. The Kier molecular flexibility index (Phi) is 4.53. The predicted molar refractivity (Wildman–Crippen MR) is 108 cm³/mol. The SMILES string of the molecule is CN(C(=O)c1cccc(Cl)c1)[C@@H](c1cccs1)c1c[nH]c2ccccc12. The van der Waals surface area contributed by atoms with Gasteiger partial charge < -0.3 is 9.88 Å². The normalized spacial score (nSPS) is 12.2. The Bertz CT molecular complexity index is 1050. The average Bonchev–Trinajstić information content (AvgIpc) is 3.32. The van der Waals surface area contributed by atoms with Crippen molar-refractivity contribution in [3.63, 3.8) is 0 Å². The summed E-state index contributed by atoms with van der Waals surface area (Å²) in [6.45, 7) is 0. The van der Waals surface area contributed by atoms with Crippen LogP contribution in [0.25, 0.3) is 10.9 Å². The van der Waals surface area contributed by atoms with E-state index < -0.39 is 0 Å². The third-order valence-electron chi connectivity index (χ3n) is 4.51. The number of carbonyl (C=O) groups excluding carboxylic acids is 1. The zero-order valence-electron chi connectivity index (χ0n) is 14.1. The number of amides is 1. The van der Waals surface area contributed by atoms with Crippen molar-refractivity contribution >= 4 is 39.7 Å². The molecule has 0 radical (unpaired) electrons. The first-order chi connectivity index (χ1) is 12.6. The molecule has 0 aliphatic carbocycles. The van der Waals surface area contributed by atoms with E-state index in [1.807, 2.05) is 42.9 Å². The summed E-state index contributed by atoms with van der Waals surface area (Å²) >= 11 is 7.72. The minimum absolute atomic E-state index is 0.0591. The Morgan fingerprint density at radius 3 is 2.73 bits per heavy atom. The van der Waals surface area contributed by atoms with Gasteiger partial charge in [0, 0.05) is 45.2 Å². The van der Waals surface area contributed by atoms with Gasteiger partial charge in [0.15, 0.2) is 0 Å². The highest BCUT2D eigenvalue weighted by molar-refractivity contribution is 7.10. The van der Waals surface area contributed by atoms with Gasteiger partial charge in [-0.25, -0.2) is 0 Å². The Labute approximate surface area is 160 Å². The number of benzene rings is 2. The van der Waals surface area contributed by atoms with E-state index in [4.69, 9.17) is 11.6 Å². The number of carbonyl (C=O) groups is 1. The topological polar surface area (TPSA) is 36.1 Å². The van der Waals surface area contributed by atoms with Crippen molar-refractivity contribution in [1.29, 1.82) is 0 Å². The smallest absolute Gasteiger partial charge is 0.254 e. The Balaban J connectivity index is 1.80. The number of hydrogen-bond donors (Lipinski definition) is 1. The number of nitrogens with zero attached hydrogens (tertiary/aromatic N) is 1. The summed E-state index contributed by atoms with van der Waals surface area (Å²) in [6, 6.07) is 19.1. The maximum Gasteiger partial charge on any atom is 0.254 e. The van der Waals surface area contributed by atoms with Crippen LogP contribution in [0.1, 0.15) is 26.8 Å². The summed E-state index contributed by atoms with van der Waals surface area (Å²) in [5, 5.41) is 3.72. The van der Waals surface area contributed by atoms with E-state index in [0.717, 1.165) is 21.3 Å². The second kappa shape index (κ2) is 6.98. The zero-order valence-corrected chi connectivity index (χ0v) is 15.7. The molecular formula is C21H17ClN2OS. The van der Waals surface area contributed by atoms with E-state index in [2.05, 4.69) is 17.1 Å². The lowest BCUT2D eigenvalue weighted by Gasteiger charge is -2.27. The van der Waals surface area contributed by atoms with E-state index in [-0.39, 0.29) is 11.9 Å². The molecule has 2 aromatic heterocycles. The summed E-state index contributed by atoms with van der Waals surface area (Å²) in [7, 11) is 1.84. The van der Waals surface area contributed by atoms with Gasteiger partial charge in [-0.15, -0.1) is 11.3 Å². The third kappa shape index (κ3) is 3.02. The molecule has 2 heterocycles. The fraction of sp³-hybridized carbons (Fsp3) is 0.0952. The molecule has 0 saturated heterocycles. The highest BCUT2D eigenvalue weighted by atomic mass is 35.5. The van der Waals surface area contributed by atoms with Crippen LogP contribution in [-0.2, 0) is 0 Å². The largest absolute Gasteiger partial charge is 0.361 e. The maximum atomic E-state index is 13.1. The quantitative estimate of drug-likeness (QED) is 0.481. The average molecular weight is 381 g/mol. The molecular weight excluding hydrogens is 364 g/mol. The van der Waals surface area contributed by atoms with E-state index >= 15 is 0 Å². The number of fused-ring (bicyclic) bond motifs is 1. The lowest BCUT2D eigenvalue weighted by atomic mass is 10.0. The maximum absolute atomic E-state index is 13.1. The zero-order chi connectivity index (χ0) is 18.1. The van der Waals surface area contributed by atoms with Crippen molar-refractivity contribution in [2.75, 3.05) is 7.05 Å². The first kappa shape index (κ1) is 16.9. The van der Waals surface area contributed by atoms with Crippen molar-refractivity contribution in [3.05, 3.63) is 93.3 Å². The van der Waals surface area contributed by atoms with Gasteiger partial charge in [-0.1, -0.05) is 41.9 Å². The molecule has 26 heavy (non-hydrogen) atoms. The summed E-state index contributed by atoms with van der Waals surface area (Å²) in [5.74, 6) is -0.0591. The molecule has 5 heteroatoms. The van der Waals surface area contributed by atoms with Crippen LogP contribution in [-0.4, -0.2) is 22.8 Å². The highest BCUT2D eigenvalue weighted by Gasteiger charge is 2.27. The van der Waals surface area contributed by atoms with Gasteiger partial charge in [0.05, 0.1) is 6.04 Å². The van der Waals surface area contributed by atoms with E-state index in [0.29, 0.717) is 10.6 Å². The number of nitrogens with one attached hydrogen (secondary N) is 1. The molecule has 4 rings (SSSR count). The number of thiophene rings is 1. The lowest BCUT2D eigenvalue weighted by molar-refractivity contribution is 0.0758. The van der Waals surface area contributed by atoms with Crippen LogP contribution < -0.4 is 0 Å². The molecule has 0 aliphatic heterocycles. The van der Waals surface area contributed by atoms with Gasteiger partial charge in [-0.3, -0.25) is 4.79 Å². The van der Waals surface area contributed by atoms with Gasteiger partial charge in [0.25, 0.3) is 5.91 Å². The molecule has 0 bridgehead atoms. The molecule has 0 fully saturated rings. The number of halogens is 1. The standard InChI is InChI=1S/C21H17ClN2OS/c1-24(21(25)14-6-4-7-15(22)12-14)20(19-10-5-11-26-19)17-13-23-18-9-3-2-8-16(17)18/h2-13,20,23H,1H3/t20-/m1/s1. The number of para-hydroxylation sites is 1.